The average molecular weight is 332 g/mol. The van der Waals surface area contributed by atoms with Crippen LogP contribution in [0.5, 0.6) is 0 Å². The van der Waals surface area contributed by atoms with Gasteiger partial charge >= 0.3 is 93.3 Å². The third-order valence-corrected chi connectivity index (χ3v) is 1.27. The van der Waals surface area contributed by atoms with Crippen molar-refractivity contribution in [3.63, 3.8) is 0 Å². The van der Waals surface area contributed by atoms with Crippen LogP contribution in [0, 0.1) is 40.5 Å². The summed E-state index contributed by atoms with van der Waals surface area (Å²) < 4.78 is 0. The molecule has 16 heteroatoms. The predicted octanol–water partition coefficient (Wildman–Crippen LogP) is -9.54. The minimum atomic E-state index is -2.19. The molecule has 0 radical (unpaired) electrons. The van der Waals surface area contributed by atoms with Crippen molar-refractivity contribution >= 4 is 0 Å². The summed E-state index contributed by atoms with van der Waals surface area (Å²) >= 11 is 0. The van der Waals surface area contributed by atoms with E-state index in [0.29, 0.717) is 0 Å². The zero-order chi connectivity index (χ0) is 14.9. The Bertz CT molecular complexity index is 281. The first-order valence-electron chi connectivity index (χ1n) is 3.89. The number of hydrogen-bond acceptors (Lipinski definition) is 10. The molecule has 20 heavy (non-hydrogen) atoms. The zero-order valence-electron chi connectivity index (χ0n) is 10.4. The molecule has 0 aliphatic heterocycles. The van der Waals surface area contributed by atoms with Crippen molar-refractivity contribution < 1.29 is 111 Å². The Morgan fingerprint density at radius 3 is 0.800 bits per heavy atom. The predicted molar refractivity (Wildman–Crippen MR) is 45.3 cm³/mol. The molecule has 0 aromatic carbocycles. The Kier molecular flexibility index (Phi) is 22.0. The van der Waals surface area contributed by atoms with Crippen LogP contribution >= 0.6 is 0 Å². The normalized spacial score (nSPS) is 8.60. The monoisotopic (exact) mass is 332 g/mol. The van der Waals surface area contributed by atoms with Gasteiger partial charge in [-0.2, -0.15) is 0 Å². The molecule has 0 aromatic rings. The van der Waals surface area contributed by atoms with E-state index >= 15 is 0 Å². The molecule has 0 bridgehead atoms. The summed E-state index contributed by atoms with van der Waals surface area (Å²) in [6.45, 7) is -2.64. The second kappa shape index (κ2) is 15.5. The van der Waals surface area contributed by atoms with E-state index in [0.717, 1.165) is 0 Å². The topological polar surface area (TPSA) is 219 Å². The third kappa shape index (κ3) is 13.2. The Labute approximate surface area is 174 Å². The summed E-state index contributed by atoms with van der Waals surface area (Å²) in [5.41, 5.74) is 0. The molecule has 0 atom stereocenters. The van der Waals surface area contributed by atoms with Gasteiger partial charge in [-0.1, -0.05) is 0 Å². The van der Waals surface area contributed by atoms with Crippen LogP contribution in [-0.2, 0) is 0 Å². The Morgan fingerprint density at radius 2 is 0.800 bits per heavy atom. The third-order valence-electron chi connectivity index (χ3n) is 1.27. The summed E-state index contributed by atoms with van der Waals surface area (Å²) in [5, 5.41) is 57.4. The summed E-state index contributed by atoms with van der Waals surface area (Å²) in [4.78, 5) is 33.3. The van der Waals surface area contributed by atoms with Crippen molar-refractivity contribution in [2.45, 2.75) is 12.3 Å². The first-order valence-corrected chi connectivity index (χ1v) is 3.89. The van der Waals surface area contributed by atoms with Gasteiger partial charge < -0.3 is 10.2 Å². The largest absolute Gasteiger partial charge is 1.00 e. The quantitative estimate of drug-likeness (QED) is 0.193. The molecule has 14 nitrogen and oxygen atoms in total. The fourth-order valence-electron chi connectivity index (χ4n) is 0.397. The molecule has 0 N–H and O–H groups in total. The number of nitro groups is 4. The molecule has 0 aliphatic rings. The van der Waals surface area contributed by atoms with E-state index < -0.39 is 45.2 Å². The minimum absolute atomic E-state index is 0. The van der Waals surface area contributed by atoms with Gasteiger partial charge in [0.1, 0.15) is 0 Å². The van der Waals surface area contributed by atoms with Gasteiger partial charge in [-0.25, -0.2) is 0 Å². The fraction of sp³-hybridized carbons (Fsp3) is 1.00. The second-order valence-electron chi connectivity index (χ2n) is 2.44. The molecule has 0 aromatic heterocycles. The minimum Gasteiger partial charge on any atom is -0.844 e. The van der Waals surface area contributed by atoms with E-state index in [2.05, 4.69) is 0 Å². The van der Waals surface area contributed by atoms with Crippen LogP contribution in [0.2, 0.25) is 0 Å². The standard InChI is InChI=1S/2C2H3N2O5.K.Na/c2*5-1-2(3(6)7)4(8)9;;/h2*2H,1H2;;/q2*-1;2*+1. The molecule has 0 saturated carbocycles. The van der Waals surface area contributed by atoms with Gasteiger partial charge in [0.2, 0.25) is 0 Å². The molecule has 0 aliphatic carbocycles. The summed E-state index contributed by atoms with van der Waals surface area (Å²) in [6, 6.07) is 0. The maximum atomic E-state index is 9.63. The maximum Gasteiger partial charge on any atom is 1.00 e. The molecule has 0 rings (SSSR count). The van der Waals surface area contributed by atoms with Crippen molar-refractivity contribution in [2.24, 2.45) is 0 Å². The van der Waals surface area contributed by atoms with Gasteiger partial charge in [-0.05, 0) is 0 Å². The first-order chi connectivity index (χ1) is 8.18. The van der Waals surface area contributed by atoms with Gasteiger partial charge in [0.15, 0.2) is 0 Å². The van der Waals surface area contributed by atoms with Gasteiger partial charge in [0.05, 0.1) is 19.7 Å². The van der Waals surface area contributed by atoms with Gasteiger partial charge in [0.25, 0.3) is 0 Å². The van der Waals surface area contributed by atoms with Crippen LogP contribution < -0.4 is 91.2 Å². The first kappa shape index (κ1) is 28.3. The summed E-state index contributed by atoms with van der Waals surface area (Å²) in [5.74, 6) is 0. The van der Waals surface area contributed by atoms with Gasteiger partial charge in [0, 0.05) is 13.2 Å². The van der Waals surface area contributed by atoms with E-state index in [1.807, 2.05) is 0 Å². The average Bonchev–Trinajstić information content (AvgIpc) is 2.17. The SMILES string of the molecule is O=[N+]([O-])C(C[O-])[N+](=O)[O-].O=[N+]([O-])C(C[O-])[N+](=O)[O-].[K+].[Na+]. The number of rotatable bonds is 6. The maximum absolute atomic E-state index is 9.63. The molecule has 0 saturated heterocycles. The number of nitrogens with zero attached hydrogens (tertiary/aromatic N) is 4. The van der Waals surface area contributed by atoms with E-state index in [4.69, 9.17) is 0 Å². The Morgan fingerprint density at radius 1 is 0.650 bits per heavy atom. The Balaban J connectivity index is -0.000000116. The summed E-state index contributed by atoms with van der Waals surface area (Å²) in [6.07, 6.45) is -4.38. The molecule has 0 amide bonds. The van der Waals surface area contributed by atoms with E-state index in [1.54, 1.807) is 0 Å². The van der Waals surface area contributed by atoms with Crippen molar-refractivity contribution in [3.05, 3.63) is 40.5 Å². The molecule has 0 fully saturated rings. The van der Waals surface area contributed by atoms with Crippen molar-refractivity contribution in [2.75, 3.05) is 13.2 Å². The number of hydrogen-bond donors (Lipinski definition) is 0. The van der Waals surface area contributed by atoms with Crippen LogP contribution in [0.25, 0.3) is 0 Å². The smallest absolute Gasteiger partial charge is 0.844 e. The van der Waals surface area contributed by atoms with Crippen LogP contribution in [-0.4, -0.2) is 45.2 Å². The van der Waals surface area contributed by atoms with Crippen molar-refractivity contribution in [1.29, 1.82) is 0 Å². The van der Waals surface area contributed by atoms with Crippen molar-refractivity contribution in [1.82, 2.24) is 0 Å². The van der Waals surface area contributed by atoms with E-state index in [9.17, 15) is 50.7 Å². The second-order valence-corrected chi connectivity index (χ2v) is 2.44. The Hall–Kier alpha value is 0.156. The van der Waals surface area contributed by atoms with Crippen LogP contribution in [0.3, 0.4) is 0 Å². The molecule has 104 valence electrons. The molecular formula is C4H6KN4NaO10. The van der Waals surface area contributed by atoms with Crippen LogP contribution in [0.4, 0.5) is 0 Å². The summed E-state index contributed by atoms with van der Waals surface area (Å²) in [7, 11) is 0. The van der Waals surface area contributed by atoms with Gasteiger partial charge in [-0.3, -0.25) is 40.5 Å². The van der Waals surface area contributed by atoms with Crippen LogP contribution in [0.15, 0.2) is 0 Å². The zero-order valence-corrected chi connectivity index (χ0v) is 15.6. The fourth-order valence-corrected chi connectivity index (χ4v) is 0.397. The molecular weight excluding hydrogens is 326 g/mol. The van der Waals surface area contributed by atoms with Crippen molar-refractivity contribution in [3.8, 4) is 0 Å². The van der Waals surface area contributed by atoms with E-state index in [1.165, 1.54) is 0 Å². The molecule has 0 heterocycles. The molecule has 0 spiro atoms. The van der Waals surface area contributed by atoms with Crippen LogP contribution in [0.1, 0.15) is 0 Å². The molecule has 0 unspecified atom stereocenters. The van der Waals surface area contributed by atoms with E-state index in [-0.39, 0.29) is 80.9 Å². The van der Waals surface area contributed by atoms with Gasteiger partial charge in [-0.15, -0.1) is 0 Å².